The van der Waals surface area contributed by atoms with Crippen molar-refractivity contribution in [2.75, 3.05) is 13.1 Å². The van der Waals surface area contributed by atoms with E-state index in [-0.39, 0.29) is 17.6 Å². The molecule has 1 aliphatic rings. The first-order valence-electron chi connectivity index (χ1n) is 9.12. The van der Waals surface area contributed by atoms with Crippen LogP contribution in [-0.4, -0.2) is 43.6 Å². The maximum absolute atomic E-state index is 13.1. The Balaban J connectivity index is 1.53. The molecular formula is C20H20FN5O2. The lowest BCUT2D eigenvalue weighted by Crippen LogP contribution is -2.39. The Morgan fingerprint density at radius 3 is 2.75 bits per heavy atom. The van der Waals surface area contributed by atoms with Gasteiger partial charge in [0.25, 0.3) is 5.91 Å². The lowest BCUT2D eigenvalue weighted by atomic mass is 9.94. The summed E-state index contributed by atoms with van der Waals surface area (Å²) in [4.78, 5) is 23.4. The second kappa shape index (κ2) is 7.75. The fourth-order valence-electron chi connectivity index (χ4n) is 3.41. The zero-order chi connectivity index (χ0) is 19.5. The van der Waals surface area contributed by atoms with Gasteiger partial charge in [0.2, 0.25) is 5.88 Å². The van der Waals surface area contributed by atoms with Crippen molar-refractivity contribution < 1.29 is 13.9 Å². The molecule has 0 bridgehead atoms. The fraction of sp³-hybridized carbons (Fsp3) is 0.300. The van der Waals surface area contributed by atoms with Crippen molar-refractivity contribution in [2.45, 2.75) is 18.8 Å². The van der Waals surface area contributed by atoms with Crippen LogP contribution in [0.15, 0.2) is 49.1 Å². The first kappa shape index (κ1) is 18.1. The molecule has 7 nitrogen and oxygen atoms in total. The van der Waals surface area contributed by atoms with Crippen molar-refractivity contribution in [3.8, 4) is 11.6 Å². The molecule has 3 heterocycles. The maximum Gasteiger partial charge on any atom is 0.257 e. The second-order valence-corrected chi connectivity index (χ2v) is 6.80. The molecule has 1 atom stereocenters. The summed E-state index contributed by atoms with van der Waals surface area (Å²) in [6, 6.07) is 5.76. The molecule has 0 radical (unpaired) electrons. The second-order valence-electron chi connectivity index (χ2n) is 6.80. The van der Waals surface area contributed by atoms with Crippen molar-refractivity contribution in [3.05, 3.63) is 66.1 Å². The number of rotatable bonds is 4. The van der Waals surface area contributed by atoms with Gasteiger partial charge in [0.1, 0.15) is 17.3 Å². The third-order valence-corrected chi connectivity index (χ3v) is 4.77. The molecular weight excluding hydrogens is 361 g/mol. The third-order valence-electron chi connectivity index (χ3n) is 4.77. The van der Waals surface area contributed by atoms with E-state index in [1.807, 2.05) is 4.90 Å². The van der Waals surface area contributed by atoms with Gasteiger partial charge in [-0.25, -0.2) is 9.37 Å². The van der Waals surface area contributed by atoms with Crippen molar-refractivity contribution in [1.82, 2.24) is 24.6 Å². The Hall–Kier alpha value is -3.29. The van der Waals surface area contributed by atoms with E-state index in [2.05, 4.69) is 15.1 Å². The first-order chi connectivity index (χ1) is 13.6. The van der Waals surface area contributed by atoms with Crippen LogP contribution in [0, 0.1) is 5.82 Å². The standard InChI is InChI=1S/C20H20FN5O2/c1-25-12-15(11-24-25)20(27)26-10-2-3-14(13-26)18-19(23-9-8-22-18)28-17-6-4-16(21)5-7-17/h4-9,11-12,14H,2-3,10,13H2,1H3/t14-/m1/s1. The smallest absolute Gasteiger partial charge is 0.257 e. The van der Waals surface area contributed by atoms with Gasteiger partial charge >= 0.3 is 0 Å². The number of ether oxygens (including phenoxy) is 1. The minimum atomic E-state index is -0.330. The van der Waals surface area contributed by atoms with Gasteiger partial charge in [-0.05, 0) is 37.1 Å². The molecule has 4 rings (SSSR count). The lowest BCUT2D eigenvalue weighted by molar-refractivity contribution is 0.0704. The molecule has 2 aromatic heterocycles. The predicted octanol–water partition coefficient (Wildman–Crippen LogP) is 3.16. The van der Waals surface area contributed by atoms with Gasteiger partial charge in [0, 0.05) is 44.6 Å². The number of hydrogen-bond donors (Lipinski definition) is 0. The van der Waals surface area contributed by atoms with Crippen molar-refractivity contribution in [2.24, 2.45) is 7.05 Å². The van der Waals surface area contributed by atoms with Gasteiger partial charge in [-0.1, -0.05) is 0 Å². The van der Waals surface area contributed by atoms with Crippen LogP contribution in [0.1, 0.15) is 34.8 Å². The van der Waals surface area contributed by atoms with Gasteiger partial charge in [-0.3, -0.25) is 14.5 Å². The molecule has 0 unspecified atom stereocenters. The molecule has 144 valence electrons. The van der Waals surface area contributed by atoms with Crippen molar-refractivity contribution >= 4 is 5.91 Å². The van der Waals surface area contributed by atoms with Crippen LogP contribution >= 0.6 is 0 Å². The summed E-state index contributed by atoms with van der Waals surface area (Å²) in [5.74, 6) is 0.516. The molecule has 0 spiro atoms. The average molecular weight is 381 g/mol. The van der Waals surface area contributed by atoms with Gasteiger partial charge in [0.15, 0.2) is 0 Å². The quantitative estimate of drug-likeness (QED) is 0.694. The van der Waals surface area contributed by atoms with Crippen LogP contribution in [0.25, 0.3) is 0 Å². The number of benzene rings is 1. The van der Waals surface area contributed by atoms with Gasteiger partial charge in [-0.15, -0.1) is 0 Å². The number of nitrogens with zero attached hydrogens (tertiary/aromatic N) is 5. The number of hydrogen-bond acceptors (Lipinski definition) is 5. The highest BCUT2D eigenvalue weighted by atomic mass is 19.1. The summed E-state index contributed by atoms with van der Waals surface area (Å²) in [5.41, 5.74) is 1.28. The largest absolute Gasteiger partial charge is 0.437 e. The summed E-state index contributed by atoms with van der Waals surface area (Å²) in [5, 5.41) is 4.08. The van der Waals surface area contributed by atoms with Crippen LogP contribution in [0.3, 0.4) is 0 Å². The van der Waals surface area contributed by atoms with E-state index in [9.17, 15) is 9.18 Å². The van der Waals surface area contributed by atoms with Gasteiger partial charge in [-0.2, -0.15) is 5.10 Å². The third kappa shape index (κ3) is 3.85. The molecule has 1 fully saturated rings. The molecule has 1 aliphatic heterocycles. The maximum atomic E-state index is 13.1. The number of aryl methyl sites for hydroxylation is 1. The minimum Gasteiger partial charge on any atom is -0.437 e. The number of carbonyl (C=O) groups is 1. The highest BCUT2D eigenvalue weighted by Crippen LogP contribution is 2.33. The fourth-order valence-corrected chi connectivity index (χ4v) is 3.41. The summed E-state index contributed by atoms with van der Waals surface area (Å²) < 4.78 is 20.6. The number of amides is 1. The van der Waals surface area contributed by atoms with Crippen LogP contribution in [0.5, 0.6) is 11.6 Å². The van der Waals surface area contributed by atoms with E-state index in [1.165, 1.54) is 12.1 Å². The molecule has 1 aromatic carbocycles. The number of likely N-dealkylation sites (tertiary alicyclic amines) is 1. The van der Waals surface area contributed by atoms with E-state index in [0.717, 1.165) is 12.8 Å². The molecule has 8 heteroatoms. The van der Waals surface area contributed by atoms with Crippen LogP contribution in [0.2, 0.25) is 0 Å². The van der Waals surface area contributed by atoms with Crippen molar-refractivity contribution in [1.29, 1.82) is 0 Å². The Kier molecular flexibility index (Phi) is 5.01. The zero-order valence-electron chi connectivity index (χ0n) is 15.5. The monoisotopic (exact) mass is 381 g/mol. The zero-order valence-corrected chi connectivity index (χ0v) is 15.5. The molecule has 28 heavy (non-hydrogen) atoms. The first-order valence-corrected chi connectivity index (χ1v) is 9.12. The average Bonchev–Trinajstić information content (AvgIpc) is 3.16. The van der Waals surface area contributed by atoms with Crippen molar-refractivity contribution in [3.63, 3.8) is 0 Å². The highest BCUT2D eigenvalue weighted by Gasteiger charge is 2.29. The molecule has 1 saturated heterocycles. The highest BCUT2D eigenvalue weighted by molar-refractivity contribution is 5.93. The Bertz CT molecular complexity index is 973. The lowest BCUT2D eigenvalue weighted by Gasteiger charge is -2.32. The summed E-state index contributed by atoms with van der Waals surface area (Å²) in [6.45, 7) is 1.23. The van der Waals surface area contributed by atoms with Gasteiger partial charge < -0.3 is 9.64 Å². The number of carbonyl (C=O) groups excluding carboxylic acids is 1. The van der Waals surface area contributed by atoms with Crippen LogP contribution in [-0.2, 0) is 7.05 Å². The van der Waals surface area contributed by atoms with E-state index < -0.39 is 0 Å². The molecule has 0 saturated carbocycles. The van der Waals surface area contributed by atoms with E-state index in [1.54, 1.807) is 48.6 Å². The van der Waals surface area contributed by atoms with Gasteiger partial charge in [0.05, 0.1) is 11.8 Å². The number of aromatic nitrogens is 4. The molecule has 3 aromatic rings. The normalized spacial score (nSPS) is 16.8. The van der Waals surface area contributed by atoms with E-state index in [4.69, 9.17) is 4.74 Å². The van der Waals surface area contributed by atoms with Crippen LogP contribution < -0.4 is 4.74 Å². The van der Waals surface area contributed by atoms with E-state index >= 15 is 0 Å². The predicted molar refractivity (Wildman–Crippen MR) is 99.6 cm³/mol. The van der Waals surface area contributed by atoms with E-state index in [0.29, 0.717) is 36.0 Å². The Morgan fingerprint density at radius 1 is 1.21 bits per heavy atom. The number of piperidine rings is 1. The molecule has 0 aliphatic carbocycles. The Labute approximate surface area is 161 Å². The Morgan fingerprint density at radius 2 is 2.00 bits per heavy atom. The summed E-state index contributed by atoms with van der Waals surface area (Å²) in [7, 11) is 1.79. The number of halogens is 1. The molecule has 0 N–H and O–H groups in total. The summed E-state index contributed by atoms with van der Waals surface area (Å²) in [6.07, 6.45) is 8.23. The topological polar surface area (TPSA) is 73.1 Å². The summed E-state index contributed by atoms with van der Waals surface area (Å²) >= 11 is 0. The SMILES string of the molecule is Cn1cc(C(=O)N2CCC[C@@H](c3nccnc3Oc3ccc(F)cc3)C2)cn1. The van der Waals surface area contributed by atoms with Crippen LogP contribution in [0.4, 0.5) is 4.39 Å². The minimum absolute atomic E-state index is 0.0125. The molecule has 1 amide bonds.